The highest BCUT2D eigenvalue weighted by Crippen LogP contribution is 2.23. The molecule has 0 aliphatic heterocycles. The van der Waals surface area contributed by atoms with Crippen LogP contribution in [0.15, 0.2) is 79.1 Å². The first-order valence-electron chi connectivity index (χ1n) is 8.35. The van der Waals surface area contributed by atoms with Gasteiger partial charge < -0.3 is 15.5 Å². The average molecular weight is 321 g/mol. The van der Waals surface area contributed by atoms with Gasteiger partial charge in [-0.05, 0) is 63.4 Å². The fourth-order valence-corrected chi connectivity index (χ4v) is 2.53. The molecule has 0 aliphatic carbocycles. The molecule has 2 aromatic rings. The van der Waals surface area contributed by atoms with Gasteiger partial charge in [0.15, 0.2) is 0 Å². The molecule has 0 fully saturated rings. The molecule has 3 heteroatoms. The molecule has 0 aliphatic rings. The van der Waals surface area contributed by atoms with Crippen molar-refractivity contribution < 1.29 is 0 Å². The first kappa shape index (κ1) is 17.7. The summed E-state index contributed by atoms with van der Waals surface area (Å²) in [4.78, 5) is 2.36. The largest absolute Gasteiger partial charge is 0.364 e. The highest BCUT2D eigenvalue weighted by Gasteiger charge is 2.12. The zero-order valence-electron chi connectivity index (χ0n) is 14.8. The highest BCUT2D eigenvalue weighted by atomic mass is 15.2. The predicted molar refractivity (Wildman–Crippen MR) is 106 cm³/mol. The summed E-state index contributed by atoms with van der Waals surface area (Å²) in [5.41, 5.74) is 4.53. The third-order valence-corrected chi connectivity index (χ3v) is 3.86. The van der Waals surface area contributed by atoms with E-state index in [1.165, 1.54) is 5.69 Å². The normalized spacial score (nSPS) is 11.2. The standard InChI is InChI=1S/C21H27N3/c1-5-18(22-6-2)16-24(17(3)4)21-14-12-20(13-15-21)23-19-10-8-7-9-11-19/h5-15,17,22-23H,2,16H2,1,3-4H3/b18-5-. The van der Waals surface area contributed by atoms with Gasteiger partial charge in [0.25, 0.3) is 0 Å². The molecule has 24 heavy (non-hydrogen) atoms. The lowest BCUT2D eigenvalue weighted by molar-refractivity contribution is 0.699. The summed E-state index contributed by atoms with van der Waals surface area (Å²) in [5, 5.41) is 6.62. The predicted octanol–water partition coefficient (Wildman–Crippen LogP) is 5.28. The molecular formula is C21H27N3. The molecule has 0 spiro atoms. The molecular weight excluding hydrogens is 294 g/mol. The van der Waals surface area contributed by atoms with Crippen LogP contribution in [0.5, 0.6) is 0 Å². The average Bonchev–Trinajstić information content (AvgIpc) is 2.60. The minimum Gasteiger partial charge on any atom is -0.364 e. The first-order chi connectivity index (χ1) is 11.6. The molecule has 0 saturated heterocycles. The smallest absolute Gasteiger partial charge is 0.0579 e. The van der Waals surface area contributed by atoms with Gasteiger partial charge in [0.1, 0.15) is 0 Å². The molecule has 2 aromatic carbocycles. The van der Waals surface area contributed by atoms with Crippen LogP contribution >= 0.6 is 0 Å². The molecule has 0 radical (unpaired) electrons. The Kier molecular flexibility index (Phi) is 6.50. The third kappa shape index (κ3) is 4.92. The maximum Gasteiger partial charge on any atom is 0.0579 e. The number of para-hydroxylation sites is 1. The van der Waals surface area contributed by atoms with Crippen molar-refractivity contribution in [3.8, 4) is 0 Å². The summed E-state index contributed by atoms with van der Waals surface area (Å²) in [6.45, 7) is 11.0. The maximum absolute atomic E-state index is 3.75. The van der Waals surface area contributed by atoms with Crippen LogP contribution in [0.4, 0.5) is 17.1 Å². The highest BCUT2D eigenvalue weighted by molar-refractivity contribution is 5.63. The molecule has 0 amide bonds. The summed E-state index contributed by atoms with van der Waals surface area (Å²) < 4.78 is 0. The molecule has 0 heterocycles. The van der Waals surface area contributed by atoms with E-state index in [1.54, 1.807) is 6.20 Å². The van der Waals surface area contributed by atoms with E-state index in [-0.39, 0.29) is 0 Å². The molecule has 0 bridgehead atoms. The molecule has 126 valence electrons. The Morgan fingerprint density at radius 3 is 2.21 bits per heavy atom. The molecule has 2 N–H and O–H groups in total. The Morgan fingerprint density at radius 2 is 1.67 bits per heavy atom. The Balaban J connectivity index is 2.12. The van der Waals surface area contributed by atoms with Gasteiger partial charge in [0.2, 0.25) is 0 Å². The van der Waals surface area contributed by atoms with Crippen molar-refractivity contribution in [2.45, 2.75) is 26.8 Å². The molecule has 0 unspecified atom stereocenters. The van der Waals surface area contributed by atoms with E-state index in [2.05, 4.69) is 78.4 Å². The minimum atomic E-state index is 0.402. The zero-order chi connectivity index (χ0) is 17.4. The van der Waals surface area contributed by atoms with Crippen molar-refractivity contribution in [1.29, 1.82) is 0 Å². The number of hydrogen-bond acceptors (Lipinski definition) is 3. The second-order valence-electron chi connectivity index (χ2n) is 5.92. The summed E-state index contributed by atoms with van der Waals surface area (Å²) in [6, 6.07) is 19.2. The fourth-order valence-electron chi connectivity index (χ4n) is 2.53. The summed E-state index contributed by atoms with van der Waals surface area (Å²) in [7, 11) is 0. The molecule has 3 nitrogen and oxygen atoms in total. The van der Waals surface area contributed by atoms with E-state index in [0.717, 1.165) is 23.6 Å². The van der Waals surface area contributed by atoms with Crippen LogP contribution in [0.2, 0.25) is 0 Å². The van der Waals surface area contributed by atoms with Crippen molar-refractivity contribution in [3.63, 3.8) is 0 Å². The third-order valence-electron chi connectivity index (χ3n) is 3.86. The Labute approximate surface area is 145 Å². The van der Waals surface area contributed by atoms with Gasteiger partial charge in [0.05, 0.1) is 6.54 Å². The van der Waals surface area contributed by atoms with Gasteiger partial charge >= 0.3 is 0 Å². The zero-order valence-corrected chi connectivity index (χ0v) is 14.8. The van der Waals surface area contributed by atoms with Crippen LogP contribution in [0.25, 0.3) is 0 Å². The maximum atomic E-state index is 3.75. The number of allylic oxidation sites excluding steroid dienone is 1. The SMILES string of the molecule is C=CN/C(=C\C)CN(c1ccc(Nc2ccccc2)cc1)C(C)C. The topological polar surface area (TPSA) is 27.3 Å². The Bertz CT molecular complexity index is 657. The van der Waals surface area contributed by atoms with E-state index in [1.807, 2.05) is 25.1 Å². The first-order valence-corrected chi connectivity index (χ1v) is 8.35. The number of anilines is 3. The number of hydrogen-bond donors (Lipinski definition) is 2. The van der Waals surface area contributed by atoms with E-state index >= 15 is 0 Å². The van der Waals surface area contributed by atoms with E-state index < -0.39 is 0 Å². The van der Waals surface area contributed by atoms with Crippen molar-refractivity contribution in [2.75, 3.05) is 16.8 Å². The fraction of sp³-hybridized carbons (Fsp3) is 0.238. The molecule has 0 saturated carbocycles. The second-order valence-corrected chi connectivity index (χ2v) is 5.92. The van der Waals surface area contributed by atoms with E-state index in [9.17, 15) is 0 Å². The van der Waals surface area contributed by atoms with Crippen LogP contribution in [0.3, 0.4) is 0 Å². The molecule has 0 aromatic heterocycles. The molecule has 2 rings (SSSR count). The van der Waals surface area contributed by atoms with Gasteiger partial charge in [-0.3, -0.25) is 0 Å². The number of benzene rings is 2. The van der Waals surface area contributed by atoms with Crippen LogP contribution in [0, 0.1) is 0 Å². The van der Waals surface area contributed by atoms with Gasteiger partial charge in [-0.15, -0.1) is 0 Å². The number of nitrogens with one attached hydrogen (secondary N) is 2. The van der Waals surface area contributed by atoms with Crippen LogP contribution in [-0.4, -0.2) is 12.6 Å². The Hall–Kier alpha value is -2.68. The van der Waals surface area contributed by atoms with Crippen LogP contribution < -0.4 is 15.5 Å². The summed E-state index contributed by atoms with van der Waals surface area (Å²) in [6.07, 6.45) is 3.81. The second kappa shape index (κ2) is 8.82. The van der Waals surface area contributed by atoms with Crippen molar-refractivity contribution in [2.24, 2.45) is 0 Å². The molecule has 0 atom stereocenters. The van der Waals surface area contributed by atoms with Gasteiger partial charge in [-0.2, -0.15) is 0 Å². The van der Waals surface area contributed by atoms with E-state index in [0.29, 0.717) is 6.04 Å². The van der Waals surface area contributed by atoms with Crippen molar-refractivity contribution in [3.05, 3.63) is 79.1 Å². The number of nitrogens with zero attached hydrogens (tertiary/aromatic N) is 1. The van der Waals surface area contributed by atoms with E-state index in [4.69, 9.17) is 0 Å². The number of rotatable bonds is 8. The van der Waals surface area contributed by atoms with Gasteiger partial charge in [-0.25, -0.2) is 0 Å². The lowest BCUT2D eigenvalue weighted by Crippen LogP contribution is -2.34. The monoisotopic (exact) mass is 321 g/mol. The lowest BCUT2D eigenvalue weighted by Gasteiger charge is -2.30. The van der Waals surface area contributed by atoms with Crippen molar-refractivity contribution in [1.82, 2.24) is 5.32 Å². The van der Waals surface area contributed by atoms with Crippen LogP contribution in [-0.2, 0) is 0 Å². The Morgan fingerprint density at radius 1 is 1.04 bits per heavy atom. The summed E-state index contributed by atoms with van der Waals surface area (Å²) >= 11 is 0. The van der Waals surface area contributed by atoms with Gasteiger partial charge in [-0.1, -0.05) is 30.9 Å². The van der Waals surface area contributed by atoms with Crippen molar-refractivity contribution >= 4 is 17.1 Å². The van der Waals surface area contributed by atoms with Crippen LogP contribution in [0.1, 0.15) is 20.8 Å². The minimum absolute atomic E-state index is 0.402. The quantitative estimate of drug-likeness (QED) is 0.692. The summed E-state index contributed by atoms with van der Waals surface area (Å²) in [5.74, 6) is 0. The van der Waals surface area contributed by atoms with Gasteiger partial charge in [0, 0.05) is 28.8 Å². The lowest BCUT2D eigenvalue weighted by atomic mass is 10.2.